The number of aryl methyl sites for hydroxylation is 1. The number of H-pyrrole nitrogens is 1. The van der Waals surface area contributed by atoms with Gasteiger partial charge in [0.05, 0.1) is 46.5 Å². The molecule has 0 aliphatic carbocycles. The molecule has 0 spiro atoms. The smallest absolute Gasteiger partial charge is 0.0931 e. The third-order valence-corrected chi connectivity index (χ3v) is 7.01. The van der Waals surface area contributed by atoms with Crippen LogP contribution in [0.5, 0.6) is 0 Å². The molecular formula is C27H29N7. The number of aromatic amines is 1. The predicted octanol–water partition coefficient (Wildman–Crippen LogP) is 5.55. The molecule has 0 saturated carbocycles. The molecule has 1 saturated heterocycles. The second-order valence-corrected chi connectivity index (χ2v) is 9.25. The van der Waals surface area contributed by atoms with Gasteiger partial charge in [0, 0.05) is 17.8 Å². The van der Waals surface area contributed by atoms with Crippen molar-refractivity contribution in [2.24, 2.45) is 0 Å². The first-order valence-corrected chi connectivity index (χ1v) is 12.0. The van der Waals surface area contributed by atoms with Gasteiger partial charge in [-0.05, 0) is 80.4 Å². The van der Waals surface area contributed by atoms with Crippen LogP contribution in [0.15, 0.2) is 61.3 Å². The highest BCUT2D eigenvalue weighted by molar-refractivity contribution is 5.97. The summed E-state index contributed by atoms with van der Waals surface area (Å²) in [6, 6.07) is 13.3. The van der Waals surface area contributed by atoms with Crippen LogP contribution in [0.1, 0.15) is 31.4 Å². The second kappa shape index (κ2) is 8.57. The molecular weight excluding hydrogens is 422 g/mol. The van der Waals surface area contributed by atoms with E-state index >= 15 is 0 Å². The van der Waals surface area contributed by atoms with Crippen LogP contribution in [0.3, 0.4) is 0 Å². The highest BCUT2D eigenvalue weighted by atomic mass is 15.3. The van der Waals surface area contributed by atoms with Crippen LogP contribution in [-0.4, -0.2) is 49.8 Å². The minimum atomic E-state index is 0.468. The Morgan fingerprint density at radius 2 is 1.79 bits per heavy atom. The normalized spacial score (nSPS) is 15.4. The zero-order valence-electron chi connectivity index (χ0n) is 19.6. The Hall–Kier alpha value is -3.71. The first kappa shape index (κ1) is 20.9. The van der Waals surface area contributed by atoms with Crippen molar-refractivity contribution >= 4 is 33.3 Å². The Balaban J connectivity index is 1.37. The summed E-state index contributed by atoms with van der Waals surface area (Å²) in [7, 11) is 2.19. The summed E-state index contributed by atoms with van der Waals surface area (Å²) >= 11 is 0. The Kier molecular flexibility index (Phi) is 5.26. The molecule has 6 rings (SSSR count). The third kappa shape index (κ3) is 3.82. The number of rotatable bonds is 5. The molecule has 0 atom stereocenters. The van der Waals surface area contributed by atoms with Crippen molar-refractivity contribution in [2.75, 3.05) is 25.5 Å². The lowest BCUT2D eigenvalue weighted by Gasteiger charge is -2.28. The SMILES string of the molecule is CCc1cnc2ccc(-c3ccc4nc[nH]c4c3)cc2c1Nc1cnn(C2CCN(C)CC2)c1. The molecule has 0 unspecified atom stereocenters. The van der Waals surface area contributed by atoms with Crippen molar-refractivity contribution in [1.29, 1.82) is 0 Å². The topological polar surface area (TPSA) is 74.7 Å². The van der Waals surface area contributed by atoms with Gasteiger partial charge in [0.25, 0.3) is 0 Å². The maximum Gasteiger partial charge on any atom is 0.0931 e. The average Bonchev–Trinajstić information content (AvgIpc) is 3.53. The van der Waals surface area contributed by atoms with E-state index in [2.05, 4.69) is 81.4 Å². The summed E-state index contributed by atoms with van der Waals surface area (Å²) in [6.07, 6.45) is 11.0. The minimum absolute atomic E-state index is 0.468. The number of benzene rings is 2. The van der Waals surface area contributed by atoms with E-state index in [1.165, 1.54) is 5.56 Å². The van der Waals surface area contributed by atoms with Crippen LogP contribution >= 0.6 is 0 Å². The zero-order valence-corrected chi connectivity index (χ0v) is 19.6. The van der Waals surface area contributed by atoms with E-state index in [9.17, 15) is 0 Å². The number of nitrogens with one attached hydrogen (secondary N) is 2. The van der Waals surface area contributed by atoms with E-state index < -0.39 is 0 Å². The number of fused-ring (bicyclic) bond motifs is 2. The maximum atomic E-state index is 4.73. The van der Waals surface area contributed by atoms with Gasteiger partial charge in [-0.2, -0.15) is 5.10 Å². The summed E-state index contributed by atoms with van der Waals surface area (Å²) in [5.74, 6) is 0. The number of anilines is 2. The number of aromatic nitrogens is 5. The third-order valence-electron chi connectivity index (χ3n) is 7.01. The van der Waals surface area contributed by atoms with E-state index in [4.69, 9.17) is 10.1 Å². The number of hydrogen-bond acceptors (Lipinski definition) is 5. The molecule has 2 N–H and O–H groups in total. The lowest BCUT2D eigenvalue weighted by Crippen LogP contribution is -2.31. The van der Waals surface area contributed by atoms with Crippen LogP contribution < -0.4 is 5.32 Å². The number of nitrogens with zero attached hydrogens (tertiary/aromatic N) is 5. The molecule has 0 radical (unpaired) electrons. The van der Waals surface area contributed by atoms with Crippen molar-refractivity contribution in [3.8, 4) is 11.1 Å². The molecule has 3 aromatic heterocycles. The maximum absolute atomic E-state index is 4.73. The summed E-state index contributed by atoms with van der Waals surface area (Å²) in [5, 5.41) is 9.50. The summed E-state index contributed by atoms with van der Waals surface area (Å²) in [5.41, 5.74) is 8.63. The van der Waals surface area contributed by atoms with Crippen LogP contribution in [0.4, 0.5) is 11.4 Å². The highest BCUT2D eigenvalue weighted by Crippen LogP contribution is 2.34. The molecule has 0 amide bonds. The van der Waals surface area contributed by atoms with E-state index in [1.807, 2.05) is 12.4 Å². The van der Waals surface area contributed by atoms with Crippen molar-refractivity contribution < 1.29 is 0 Å². The quantitative estimate of drug-likeness (QED) is 0.367. The van der Waals surface area contributed by atoms with E-state index in [-0.39, 0.29) is 0 Å². The van der Waals surface area contributed by atoms with Gasteiger partial charge in [0.1, 0.15) is 0 Å². The van der Waals surface area contributed by atoms with Crippen LogP contribution in [-0.2, 0) is 6.42 Å². The van der Waals surface area contributed by atoms with E-state index in [1.54, 1.807) is 6.33 Å². The fourth-order valence-corrected chi connectivity index (χ4v) is 4.95. The predicted molar refractivity (Wildman–Crippen MR) is 137 cm³/mol. The number of piperidine rings is 1. The van der Waals surface area contributed by atoms with Gasteiger partial charge in [0.15, 0.2) is 0 Å². The Bertz CT molecular complexity index is 1460. The molecule has 5 aromatic rings. The molecule has 2 aromatic carbocycles. The minimum Gasteiger partial charge on any atom is -0.352 e. The lowest BCUT2D eigenvalue weighted by molar-refractivity contribution is 0.212. The Morgan fingerprint density at radius 1 is 1.00 bits per heavy atom. The highest BCUT2D eigenvalue weighted by Gasteiger charge is 2.19. The largest absolute Gasteiger partial charge is 0.352 e. The number of pyridine rings is 1. The standard InChI is InChI=1S/C27H29N7/c1-3-18-14-28-24-6-4-19(20-5-7-25-26(13-20)30-17-29-25)12-23(24)27(18)32-21-15-31-34(16-21)22-8-10-33(2)11-9-22/h4-7,12-17,22H,3,8-11H2,1-2H3,(H,28,32)(H,29,30). The van der Waals surface area contributed by atoms with E-state index in [0.717, 1.165) is 76.8 Å². The molecule has 0 bridgehead atoms. The van der Waals surface area contributed by atoms with Gasteiger partial charge in [-0.15, -0.1) is 0 Å². The summed E-state index contributed by atoms with van der Waals surface area (Å²) in [6.45, 7) is 4.41. The first-order valence-electron chi connectivity index (χ1n) is 12.0. The fourth-order valence-electron chi connectivity index (χ4n) is 4.95. The first-order chi connectivity index (χ1) is 16.7. The second-order valence-electron chi connectivity index (χ2n) is 9.25. The van der Waals surface area contributed by atoms with Crippen molar-refractivity contribution in [3.05, 3.63) is 66.9 Å². The Labute approximate surface area is 198 Å². The van der Waals surface area contributed by atoms with Gasteiger partial charge in [-0.1, -0.05) is 19.1 Å². The van der Waals surface area contributed by atoms with Gasteiger partial charge in [0.2, 0.25) is 0 Å². The summed E-state index contributed by atoms with van der Waals surface area (Å²) in [4.78, 5) is 14.7. The molecule has 172 valence electrons. The van der Waals surface area contributed by atoms with Crippen molar-refractivity contribution in [2.45, 2.75) is 32.2 Å². The molecule has 1 aliphatic heterocycles. The molecule has 4 heterocycles. The molecule has 1 fully saturated rings. The van der Waals surface area contributed by atoms with Gasteiger partial charge in [-0.25, -0.2) is 4.98 Å². The monoisotopic (exact) mass is 451 g/mol. The Morgan fingerprint density at radius 3 is 2.62 bits per heavy atom. The van der Waals surface area contributed by atoms with Crippen molar-refractivity contribution in [3.63, 3.8) is 0 Å². The average molecular weight is 452 g/mol. The molecule has 7 heteroatoms. The zero-order chi connectivity index (χ0) is 23.1. The van der Waals surface area contributed by atoms with Gasteiger partial charge in [-0.3, -0.25) is 9.67 Å². The van der Waals surface area contributed by atoms with Crippen LogP contribution in [0.25, 0.3) is 33.1 Å². The van der Waals surface area contributed by atoms with Crippen LogP contribution in [0.2, 0.25) is 0 Å². The van der Waals surface area contributed by atoms with Gasteiger partial charge >= 0.3 is 0 Å². The number of hydrogen-bond donors (Lipinski definition) is 2. The van der Waals surface area contributed by atoms with E-state index in [0.29, 0.717) is 6.04 Å². The number of likely N-dealkylation sites (tertiary alicyclic amines) is 1. The number of imidazole rings is 1. The summed E-state index contributed by atoms with van der Waals surface area (Å²) < 4.78 is 2.13. The molecule has 7 nitrogen and oxygen atoms in total. The van der Waals surface area contributed by atoms with Gasteiger partial charge < -0.3 is 15.2 Å². The lowest BCUT2D eigenvalue weighted by atomic mass is 10.00. The van der Waals surface area contributed by atoms with Crippen LogP contribution in [0, 0.1) is 0 Å². The fraction of sp³-hybridized carbons (Fsp3) is 0.296. The molecule has 1 aliphatic rings. The van der Waals surface area contributed by atoms with Crippen molar-refractivity contribution in [1.82, 2.24) is 29.6 Å². The molecule has 34 heavy (non-hydrogen) atoms.